The summed E-state index contributed by atoms with van der Waals surface area (Å²) in [6, 6.07) is 13.9. The van der Waals surface area contributed by atoms with Gasteiger partial charge in [0.2, 0.25) is 0 Å². The molecule has 30 heavy (non-hydrogen) atoms. The van der Waals surface area contributed by atoms with Gasteiger partial charge in [-0.2, -0.15) is 5.10 Å². The first kappa shape index (κ1) is 21.6. The zero-order valence-electron chi connectivity index (χ0n) is 16.6. The number of carbonyl (C=O) groups excluding carboxylic acids is 2. The minimum absolute atomic E-state index is 0.359. The Morgan fingerprint density at radius 3 is 2.53 bits per heavy atom. The smallest absolute Gasteiger partial charge is 0.337 e. The van der Waals surface area contributed by atoms with Gasteiger partial charge in [0.25, 0.3) is 5.91 Å². The second kappa shape index (κ2) is 9.57. The molecule has 0 saturated carbocycles. The van der Waals surface area contributed by atoms with Gasteiger partial charge in [-0.1, -0.05) is 6.07 Å². The molecule has 3 aromatic rings. The number of esters is 1. The van der Waals surface area contributed by atoms with Crippen molar-refractivity contribution in [3.8, 4) is 17.1 Å². The Balaban J connectivity index is 1.69. The van der Waals surface area contributed by atoms with E-state index in [-0.39, 0.29) is 5.91 Å². The van der Waals surface area contributed by atoms with Crippen molar-refractivity contribution >= 4 is 40.7 Å². The number of hydrogen-bond donors (Lipinski definition) is 1. The van der Waals surface area contributed by atoms with Crippen molar-refractivity contribution in [3.63, 3.8) is 0 Å². The van der Waals surface area contributed by atoms with Crippen LogP contribution in [-0.2, 0) is 4.74 Å². The number of furan rings is 1. The Morgan fingerprint density at radius 2 is 1.83 bits per heavy atom. The molecule has 0 saturated heterocycles. The van der Waals surface area contributed by atoms with Crippen LogP contribution in [0.15, 0.2) is 58.0 Å². The predicted octanol–water partition coefficient (Wildman–Crippen LogP) is 4.42. The first-order valence-electron chi connectivity index (χ1n) is 8.89. The second-order valence-electron chi connectivity index (χ2n) is 6.27. The standard InChI is InChI=1S/C22H19IN2O5/c1-13-10-15(22(27)29-3)4-7-17(13)19-9-6-16(30-19)12-24-25-21(26)14-5-8-18(23)20(11-14)28-2/h4-12H,1-3H3,(H,25,26)/b24-12+. The Bertz CT molecular complexity index is 1120. The third-order valence-electron chi connectivity index (χ3n) is 4.31. The number of nitrogens with one attached hydrogen (secondary N) is 1. The summed E-state index contributed by atoms with van der Waals surface area (Å²) in [4.78, 5) is 23.9. The van der Waals surface area contributed by atoms with Crippen LogP contribution >= 0.6 is 22.6 Å². The minimum Gasteiger partial charge on any atom is -0.496 e. The van der Waals surface area contributed by atoms with E-state index in [0.717, 1.165) is 14.7 Å². The Labute approximate surface area is 187 Å². The minimum atomic E-state index is -0.390. The highest BCUT2D eigenvalue weighted by Gasteiger charge is 2.12. The fraction of sp³-hybridized carbons (Fsp3) is 0.136. The van der Waals surface area contributed by atoms with Gasteiger partial charge in [-0.3, -0.25) is 4.79 Å². The molecule has 1 N–H and O–H groups in total. The molecule has 154 valence electrons. The number of aryl methyl sites for hydroxylation is 1. The summed E-state index contributed by atoms with van der Waals surface area (Å²) in [5.41, 5.74) is 5.09. The van der Waals surface area contributed by atoms with Crippen molar-refractivity contribution in [2.75, 3.05) is 14.2 Å². The summed E-state index contributed by atoms with van der Waals surface area (Å²) in [5, 5.41) is 3.95. The van der Waals surface area contributed by atoms with Crippen LogP contribution in [0.3, 0.4) is 0 Å². The molecule has 1 heterocycles. The van der Waals surface area contributed by atoms with Crippen LogP contribution in [-0.4, -0.2) is 32.3 Å². The van der Waals surface area contributed by atoms with E-state index >= 15 is 0 Å². The number of amides is 1. The van der Waals surface area contributed by atoms with Crippen LogP contribution in [0.1, 0.15) is 32.0 Å². The van der Waals surface area contributed by atoms with Crippen LogP contribution in [0.4, 0.5) is 0 Å². The van der Waals surface area contributed by atoms with Gasteiger partial charge >= 0.3 is 5.97 Å². The summed E-state index contributed by atoms with van der Waals surface area (Å²) in [7, 11) is 2.90. The molecule has 8 heteroatoms. The zero-order valence-corrected chi connectivity index (χ0v) is 18.7. The van der Waals surface area contributed by atoms with E-state index < -0.39 is 5.97 Å². The van der Waals surface area contributed by atoms with Gasteiger partial charge in [-0.05, 0) is 77.5 Å². The molecule has 0 bridgehead atoms. The van der Waals surface area contributed by atoms with E-state index in [1.165, 1.54) is 13.3 Å². The van der Waals surface area contributed by atoms with Gasteiger partial charge in [-0.15, -0.1) is 0 Å². The number of nitrogens with zero attached hydrogens (tertiary/aromatic N) is 1. The number of hydrazone groups is 1. The first-order valence-corrected chi connectivity index (χ1v) is 9.97. The average molecular weight is 518 g/mol. The highest BCUT2D eigenvalue weighted by molar-refractivity contribution is 14.1. The lowest BCUT2D eigenvalue weighted by Gasteiger charge is -2.05. The van der Waals surface area contributed by atoms with Gasteiger partial charge in [0.15, 0.2) is 0 Å². The number of halogens is 1. The second-order valence-corrected chi connectivity index (χ2v) is 7.43. The van der Waals surface area contributed by atoms with Gasteiger partial charge in [0.1, 0.15) is 17.3 Å². The molecule has 0 atom stereocenters. The number of hydrogen-bond acceptors (Lipinski definition) is 6. The molecular weight excluding hydrogens is 499 g/mol. The molecule has 0 aliphatic carbocycles. The molecule has 7 nitrogen and oxygen atoms in total. The van der Waals surface area contributed by atoms with Crippen LogP contribution in [0.25, 0.3) is 11.3 Å². The topological polar surface area (TPSA) is 90.1 Å². The normalized spacial score (nSPS) is 10.8. The fourth-order valence-corrected chi connectivity index (χ4v) is 3.33. The molecule has 0 aliphatic heterocycles. The maximum Gasteiger partial charge on any atom is 0.337 e. The number of rotatable bonds is 6. The monoisotopic (exact) mass is 518 g/mol. The lowest BCUT2D eigenvalue weighted by Crippen LogP contribution is -2.17. The molecule has 0 radical (unpaired) electrons. The quantitative estimate of drug-likeness (QED) is 0.226. The van der Waals surface area contributed by atoms with E-state index in [0.29, 0.717) is 28.4 Å². The van der Waals surface area contributed by atoms with Crippen LogP contribution in [0.2, 0.25) is 0 Å². The van der Waals surface area contributed by atoms with E-state index in [9.17, 15) is 9.59 Å². The van der Waals surface area contributed by atoms with E-state index in [1.54, 1.807) is 55.6 Å². The Kier molecular flexibility index (Phi) is 6.88. The van der Waals surface area contributed by atoms with Crippen LogP contribution in [0.5, 0.6) is 5.75 Å². The average Bonchev–Trinajstić information content (AvgIpc) is 3.21. The van der Waals surface area contributed by atoms with E-state index in [4.69, 9.17) is 13.9 Å². The molecule has 1 amide bonds. The highest BCUT2D eigenvalue weighted by atomic mass is 127. The van der Waals surface area contributed by atoms with Crippen molar-refractivity contribution < 1.29 is 23.5 Å². The number of ether oxygens (including phenoxy) is 2. The van der Waals surface area contributed by atoms with Crippen molar-refractivity contribution in [2.24, 2.45) is 5.10 Å². The molecular formula is C22H19IN2O5. The van der Waals surface area contributed by atoms with Crippen molar-refractivity contribution in [2.45, 2.75) is 6.92 Å². The van der Waals surface area contributed by atoms with E-state index in [2.05, 4.69) is 33.1 Å². The van der Waals surface area contributed by atoms with Gasteiger partial charge < -0.3 is 13.9 Å². The predicted molar refractivity (Wildman–Crippen MR) is 121 cm³/mol. The Hall–Kier alpha value is -3.14. The number of methoxy groups -OCH3 is 2. The Morgan fingerprint density at radius 1 is 1.07 bits per heavy atom. The molecule has 2 aromatic carbocycles. The maximum absolute atomic E-state index is 12.2. The van der Waals surface area contributed by atoms with E-state index in [1.807, 2.05) is 6.92 Å². The SMILES string of the molecule is COC(=O)c1ccc(-c2ccc(/C=N/NC(=O)c3ccc(I)c(OC)c3)o2)c(C)c1. The number of carbonyl (C=O) groups is 2. The van der Waals surface area contributed by atoms with Crippen LogP contribution in [0, 0.1) is 10.5 Å². The lowest BCUT2D eigenvalue weighted by molar-refractivity contribution is 0.0600. The zero-order chi connectivity index (χ0) is 21.7. The van der Waals surface area contributed by atoms with Crippen molar-refractivity contribution in [3.05, 3.63) is 74.6 Å². The summed E-state index contributed by atoms with van der Waals surface area (Å²) in [5.74, 6) is 0.970. The largest absolute Gasteiger partial charge is 0.496 e. The van der Waals surface area contributed by atoms with Crippen molar-refractivity contribution in [1.29, 1.82) is 0 Å². The molecule has 0 aliphatic rings. The van der Waals surface area contributed by atoms with Gasteiger partial charge in [0.05, 0.1) is 29.6 Å². The first-order chi connectivity index (χ1) is 14.4. The van der Waals surface area contributed by atoms with Gasteiger partial charge in [0, 0.05) is 11.1 Å². The molecule has 0 fully saturated rings. The summed E-state index contributed by atoms with van der Waals surface area (Å²) in [6.07, 6.45) is 1.42. The number of benzene rings is 2. The van der Waals surface area contributed by atoms with Crippen LogP contribution < -0.4 is 10.2 Å². The summed E-state index contributed by atoms with van der Waals surface area (Å²) < 4.78 is 16.6. The van der Waals surface area contributed by atoms with Gasteiger partial charge in [-0.25, -0.2) is 10.2 Å². The van der Waals surface area contributed by atoms with Crippen molar-refractivity contribution in [1.82, 2.24) is 5.43 Å². The molecule has 0 spiro atoms. The lowest BCUT2D eigenvalue weighted by atomic mass is 10.0. The third-order valence-corrected chi connectivity index (χ3v) is 5.20. The molecule has 0 unspecified atom stereocenters. The maximum atomic E-state index is 12.2. The molecule has 3 rings (SSSR count). The highest BCUT2D eigenvalue weighted by Crippen LogP contribution is 2.26. The summed E-state index contributed by atoms with van der Waals surface area (Å²) >= 11 is 2.13. The fourth-order valence-electron chi connectivity index (χ4n) is 2.77. The third kappa shape index (κ3) is 4.88. The summed E-state index contributed by atoms with van der Waals surface area (Å²) in [6.45, 7) is 1.88. The molecule has 1 aromatic heterocycles.